The summed E-state index contributed by atoms with van der Waals surface area (Å²) in [6.45, 7) is 4.00. The van der Waals surface area contributed by atoms with E-state index in [-0.39, 0.29) is 5.60 Å². The second kappa shape index (κ2) is 5.85. The van der Waals surface area contributed by atoms with Gasteiger partial charge in [0.25, 0.3) is 0 Å². The van der Waals surface area contributed by atoms with E-state index in [2.05, 4.69) is 18.9 Å². The molecule has 0 radical (unpaired) electrons. The van der Waals surface area contributed by atoms with E-state index in [9.17, 15) is 0 Å². The summed E-state index contributed by atoms with van der Waals surface area (Å²) in [4.78, 5) is 3.07. The molecule has 0 aromatic carbocycles. The third-order valence-electron chi connectivity index (χ3n) is 4.65. The van der Waals surface area contributed by atoms with E-state index in [4.69, 9.17) is 22.7 Å². The van der Waals surface area contributed by atoms with Crippen LogP contribution in [0.1, 0.15) is 45.4 Å². The number of rotatable bonds is 4. The number of nitrogens with two attached hydrogens (primary N) is 1. The smallest absolute Gasteiger partial charge is 0.0768 e. The predicted molar refractivity (Wildman–Crippen MR) is 78.8 cm³/mol. The molecule has 0 aromatic rings. The molecule has 1 heterocycles. The van der Waals surface area contributed by atoms with Crippen LogP contribution in [0.4, 0.5) is 0 Å². The van der Waals surface area contributed by atoms with Crippen LogP contribution in [0.25, 0.3) is 0 Å². The van der Waals surface area contributed by atoms with Crippen molar-refractivity contribution in [3.05, 3.63) is 0 Å². The van der Waals surface area contributed by atoms with Crippen LogP contribution in [-0.2, 0) is 4.74 Å². The van der Waals surface area contributed by atoms with Crippen LogP contribution in [-0.4, -0.2) is 41.7 Å². The number of ether oxygens (including phenoxy) is 1. The maximum absolute atomic E-state index is 6.08. The lowest BCUT2D eigenvalue weighted by Gasteiger charge is -2.42. The van der Waals surface area contributed by atoms with Gasteiger partial charge in [-0.05, 0) is 32.7 Å². The zero-order valence-corrected chi connectivity index (χ0v) is 12.5. The van der Waals surface area contributed by atoms with Gasteiger partial charge in [-0.3, -0.25) is 0 Å². The van der Waals surface area contributed by atoms with E-state index >= 15 is 0 Å². The normalized spacial score (nSPS) is 28.7. The van der Waals surface area contributed by atoms with Crippen molar-refractivity contribution in [1.82, 2.24) is 4.90 Å². The molecule has 2 N–H and O–H groups in total. The van der Waals surface area contributed by atoms with E-state index in [0.29, 0.717) is 16.9 Å². The quantitative estimate of drug-likeness (QED) is 0.796. The van der Waals surface area contributed by atoms with Crippen molar-refractivity contribution in [1.29, 1.82) is 0 Å². The average Bonchev–Trinajstić information content (AvgIpc) is 2.77. The highest BCUT2D eigenvalue weighted by Crippen LogP contribution is 2.41. The van der Waals surface area contributed by atoms with Crippen molar-refractivity contribution in [3.8, 4) is 0 Å². The van der Waals surface area contributed by atoms with E-state index in [0.717, 1.165) is 19.6 Å². The summed E-state index contributed by atoms with van der Waals surface area (Å²) < 4.78 is 6.08. The summed E-state index contributed by atoms with van der Waals surface area (Å²) in [5.74, 6) is 0.298. The number of hydrogen-bond acceptors (Lipinski definition) is 3. The second-order valence-corrected chi connectivity index (χ2v) is 6.60. The fourth-order valence-corrected chi connectivity index (χ4v) is 3.49. The number of nitrogens with zero attached hydrogens (tertiary/aromatic N) is 1. The summed E-state index contributed by atoms with van der Waals surface area (Å²) in [5, 5.41) is 0. The maximum Gasteiger partial charge on any atom is 0.0768 e. The molecule has 0 amide bonds. The van der Waals surface area contributed by atoms with Crippen molar-refractivity contribution in [2.45, 2.75) is 57.1 Å². The van der Waals surface area contributed by atoms with E-state index < -0.39 is 0 Å². The lowest BCUT2D eigenvalue weighted by molar-refractivity contribution is -0.0992. The molecule has 4 heteroatoms. The molecule has 2 rings (SSSR count). The summed E-state index contributed by atoms with van der Waals surface area (Å²) in [6.07, 6.45) is 7.50. The Hall–Kier alpha value is -0.190. The highest BCUT2D eigenvalue weighted by atomic mass is 32.1. The summed E-state index contributed by atoms with van der Waals surface area (Å²) in [5.41, 5.74) is 5.91. The maximum atomic E-state index is 6.08. The van der Waals surface area contributed by atoms with E-state index in [1.807, 2.05) is 0 Å². The predicted octanol–water partition coefficient (Wildman–Crippen LogP) is 2.33. The summed E-state index contributed by atoms with van der Waals surface area (Å²) in [6, 6.07) is 0.633. The molecule has 18 heavy (non-hydrogen) atoms. The van der Waals surface area contributed by atoms with Gasteiger partial charge in [0, 0.05) is 25.1 Å². The third-order valence-corrected chi connectivity index (χ3v) is 5.06. The standard InChI is InChI=1S/C14H26N2OS/c1-11(13(15)18)10-16(2)12-5-8-17-14(9-12)6-3-4-7-14/h11-12H,3-10H2,1-2H3,(H2,15,18). The van der Waals surface area contributed by atoms with Crippen LogP contribution in [0.5, 0.6) is 0 Å². The van der Waals surface area contributed by atoms with Crippen molar-refractivity contribution in [2.24, 2.45) is 11.7 Å². The fourth-order valence-electron chi connectivity index (χ4n) is 3.42. The molecule has 1 saturated carbocycles. The zero-order valence-electron chi connectivity index (χ0n) is 11.7. The van der Waals surface area contributed by atoms with Gasteiger partial charge in [-0.1, -0.05) is 32.0 Å². The first kappa shape index (κ1) is 14.2. The minimum absolute atomic E-state index is 0.198. The number of hydrogen-bond donors (Lipinski definition) is 1. The molecule has 1 saturated heterocycles. The third kappa shape index (κ3) is 3.22. The van der Waals surface area contributed by atoms with Crippen molar-refractivity contribution in [2.75, 3.05) is 20.2 Å². The largest absolute Gasteiger partial charge is 0.393 e. The Labute approximate surface area is 116 Å². The van der Waals surface area contributed by atoms with Gasteiger partial charge < -0.3 is 15.4 Å². The average molecular weight is 270 g/mol. The van der Waals surface area contributed by atoms with Gasteiger partial charge in [0.2, 0.25) is 0 Å². The molecule has 0 aromatic heterocycles. The molecule has 2 fully saturated rings. The first-order valence-electron chi connectivity index (χ1n) is 7.16. The van der Waals surface area contributed by atoms with Crippen LogP contribution in [0.15, 0.2) is 0 Å². The van der Waals surface area contributed by atoms with Gasteiger partial charge in [-0.25, -0.2) is 0 Å². The summed E-state index contributed by atoms with van der Waals surface area (Å²) >= 11 is 5.07. The van der Waals surface area contributed by atoms with Crippen LogP contribution in [0, 0.1) is 5.92 Å². The lowest BCUT2D eigenvalue weighted by Crippen LogP contribution is -2.48. The van der Waals surface area contributed by atoms with E-state index in [1.165, 1.54) is 32.1 Å². The lowest BCUT2D eigenvalue weighted by atomic mass is 9.88. The molecular formula is C14H26N2OS. The van der Waals surface area contributed by atoms with Crippen molar-refractivity contribution in [3.63, 3.8) is 0 Å². The van der Waals surface area contributed by atoms with Crippen LogP contribution < -0.4 is 5.73 Å². The molecule has 104 valence electrons. The zero-order chi connectivity index (χ0) is 13.2. The highest BCUT2D eigenvalue weighted by Gasteiger charge is 2.40. The molecule has 1 aliphatic heterocycles. The Balaban J connectivity index is 1.90. The molecule has 1 aliphatic carbocycles. The molecule has 1 spiro atoms. The first-order chi connectivity index (χ1) is 8.52. The van der Waals surface area contributed by atoms with Crippen LogP contribution in [0.2, 0.25) is 0 Å². The van der Waals surface area contributed by atoms with Gasteiger partial charge in [-0.2, -0.15) is 0 Å². The van der Waals surface area contributed by atoms with Crippen LogP contribution >= 0.6 is 12.2 Å². The Morgan fingerprint density at radius 2 is 2.17 bits per heavy atom. The Morgan fingerprint density at radius 1 is 1.50 bits per heavy atom. The molecule has 2 aliphatic rings. The van der Waals surface area contributed by atoms with Crippen molar-refractivity contribution >= 4 is 17.2 Å². The first-order valence-corrected chi connectivity index (χ1v) is 7.57. The van der Waals surface area contributed by atoms with Gasteiger partial charge in [0.05, 0.1) is 10.6 Å². The molecule has 0 bridgehead atoms. The Morgan fingerprint density at radius 3 is 2.78 bits per heavy atom. The van der Waals surface area contributed by atoms with E-state index in [1.54, 1.807) is 0 Å². The molecular weight excluding hydrogens is 244 g/mol. The van der Waals surface area contributed by atoms with Gasteiger partial charge >= 0.3 is 0 Å². The minimum atomic E-state index is 0.198. The van der Waals surface area contributed by atoms with Gasteiger partial charge in [0.1, 0.15) is 0 Å². The SMILES string of the molecule is CC(CN(C)C1CCOC2(CCCC2)C1)C(N)=S. The van der Waals surface area contributed by atoms with Gasteiger partial charge in [0.15, 0.2) is 0 Å². The summed E-state index contributed by atoms with van der Waals surface area (Å²) in [7, 11) is 2.20. The fraction of sp³-hybridized carbons (Fsp3) is 0.929. The Bertz CT molecular complexity index is 302. The highest BCUT2D eigenvalue weighted by molar-refractivity contribution is 7.80. The van der Waals surface area contributed by atoms with Crippen LogP contribution in [0.3, 0.4) is 0 Å². The van der Waals surface area contributed by atoms with Crippen molar-refractivity contribution < 1.29 is 4.74 Å². The molecule has 3 nitrogen and oxygen atoms in total. The second-order valence-electron chi connectivity index (χ2n) is 6.13. The topological polar surface area (TPSA) is 38.5 Å². The molecule has 2 unspecified atom stereocenters. The van der Waals surface area contributed by atoms with Gasteiger partial charge in [-0.15, -0.1) is 0 Å². The Kier molecular flexibility index (Phi) is 4.62. The monoisotopic (exact) mass is 270 g/mol. The minimum Gasteiger partial charge on any atom is -0.393 e. The molecule has 2 atom stereocenters. The number of thiocarbonyl (C=S) groups is 1.